The van der Waals surface area contributed by atoms with E-state index in [1.807, 2.05) is 0 Å². The van der Waals surface area contributed by atoms with E-state index in [0.717, 1.165) is 24.7 Å². The molecule has 0 amide bonds. The Bertz CT molecular complexity index is 228. The summed E-state index contributed by atoms with van der Waals surface area (Å²) in [7, 11) is 4.38. The van der Waals surface area contributed by atoms with Gasteiger partial charge in [-0.25, -0.2) is 0 Å². The lowest BCUT2D eigenvalue weighted by Crippen LogP contribution is -2.52. The minimum Gasteiger partial charge on any atom is -0.314 e. The second-order valence-electron chi connectivity index (χ2n) is 6.12. The molecule has 2 aliphatic rings. The highest BCUT2D eigenvalue weighted by molar-refractivity contribution is 4.98. The van der Waals surface area contributed by atoms with Crippen LogP contribution in [0.2, 0.25) is 0 Å². The number of piperidine rings is 1. The lowest BCUT2D eigenvalue weighted by Gasteiger charge is -2.41. The summed E-state index contributed by atoms with van der Waals surface area (Å²) in [6.07, 6.45) is 5.58. The third-order valence-corrected chi connectivity index (χ3v) is 4.73. The maximum Gasteiger partial charge on any atom is 0.0189 e. The molecule has 0 saturated carbocycles. The summed E-state index contributed by atoms with van der Waals surface area (Å²) in [6.45, 7) is 6.94. The number of fused-ring (bicyclic) bond motifs is 2. The molecule has 0 aliphatic carbocycles. The lowest BCUT2D eigenvalue weighted by molar-refractivity contribution is 0.0893. The van der Waals surface area contributed by atoms with Gasteiger partial charge in [0.05, 0.1) is 0 Å². The van der Waals surface area contributed by atoms with Crippen molar-refractivity contribution in [2.75, 3.05) is 27.2 Å². The van der Waals surface area contributed by atoms with Crippen LogP contribution in [0.1, 0.15) is 39.5 Å². The van der Waals surface area contributed by atoms with E-state index < -0.39 is 0 Å². The van der Waals surface area contributed by atoms with Crippen LogP contribution < -0.4 is 5.32 Å². The molecule has 17 heavy (non-hydrogen) atoms. The molecule has 2 aliphatic heterocycles. The molecule has 2 bridgehead atoms. The van der Waals surface area contributed by atoms with Gasteiger partial charge in [0.1, 0.15) is 0 Å². The van der Waals surface area contributed by atoms with Crippen LogP contribution in [0.25, 0.3) is 0 Å². The van der Waals surface area contributed by atoms with Crippen LogP contribution >= 0.6 is 0 Å². The molecule has 0 spiro atoms. The molecule has 0 aromatic rings. The van der Waals surface area contributed by atoms with Crippen LogP contribution in [0.3, 0.4) is 0 Å². The normalized spacial score (nSPS) is 35.5. The molecule has 100 valence electrons. The van der Waals surface area contributed by atoms with Gasteiger partial charge in [0.2, 0.25) is 0 Å². The van der Waals surface area contributed by atoms with Crippen molar-refractivity contribution in [3.8, 4) is 0 Å². The monoisotopic (exact) mass is 239 g/mol. The molecule has 2 rings (SSSR count). The Hall–Kier alpha value is -0.120. The zero-order valence-electron chi connectivity index (χ0n) is 11.9. The van der Waals surface area contributed by atoms with Gasteiger partial charge in [-0.15, -0.1) is 0 Å². The van der Waals surface area contributed by atoms with Gasteiger partial charge in [0, 0.05) is 30.7 Å². The number of likely N-dealkylation sites (N-methyl/N-ethyl adjacent to an activating group) is 1. The number of hydrogen-bond acceptors (Lipinski definition) is 3. The molecule has 2 fully saturated rings. The Morgan fingerprint density at radius 2 is 1.82 bits per heavy atom. The smallest absolute Gasteiger partial charge is 0.0189 e. The summed E-state index contributed by atoms with van der Waals surface area (Å²) in [5, 5.41) is 3.64. The van der Waals surface area contributed by atoms with E-state index in [4.69, 9.17) is 0 Å². The standard InChI is InChI=1S/C14H29N3/c1-5-15-12-8-13-6-7-14(9-12)17(13)10-11(2)16(3)4/h11-15H,5-10H2,1-4H3. The van der Waals surface area contributed by atoms with E-state index >= 15 is 0 Å². The maximum atomic E-state index is 3.64. The van der Waals surface area contributed by atoms with Gasteiger partial charge >= 0.3 is 0 Å². The first-order chi connectivity index (χ1) is 8.11. The molecular weight excluding hydrogens is 210 g/mol. The van der Waals surface area contributed by atoms with E-state index in [1.54, 1.807) is 0 Å². The van der Waals surface area contributed by atoms with E-state index in [0.29, 0.717) is 6.04 Å². The summed E-state index contributed by atoms with van der Waals surface area (Å²) in [5.74, 6) is 0. The van der Waals surface area contributed by atoms with E-state index in [1.165, 1.54) is 32.2 Å². The maximum absolute atomic E-state index is 3.64. The van der Waals surface area contributed by atoms with Crippen molar-refractivity contribution in [2.24, 2.45) is 0 Å². The van der Waals surface area contributed by atoms with Crippen molar-refractivity contribution < 1.29 is 0 Å². The van der Waals surface area contributed by atoms with Crippen molar-refractivity contribution >= 4 is 0 Å². The van der Waals surface area contributed by atoms with Crippen LogP contribution in [0, 0.1) is 0 Å². The van der Waals surface area contributed by atoms with Gasteiger partial charge in [-0.3, -0.25) is 4.90 Å². The zero-order valence-corrected chi connectivity index (χ0v) is 11.9. The molecule has 3 unspecified atom stereocenters. The lowest BCUT2D eigenvalue weighted by atomic mass is 9.96. The second kappa shape index (κ2) is 5.68. The number of rotatable bonds is 5. The Kier molecular flexibility index (Phi) is 4.45. The van der Waals surface area contributed by atoms with Crippen LogP contribution in [0.4, 0.5) is 0 Å². The summed E-state index contributed by atoms with van der Waals surface area (Å²) in [5.41, 5.74) is 0. The third-order valence-electron chi connectivity index (χ3n) is 4.73. The minimum atomic E-state index is 0.675. The van der Waals surface area contributed by atoms with Crippen molar-refractivity contribution in [3.63, 3.8) is 0 Å². The Morgan fingerprint density at radius 3 is 2.29 bits per heavy atom. The van der Waals surface area contributed by atoms with Crippen molar-refractivity contribution in [2.45, 2.75) is 63.7 Å². The Labute approximate surface area is 107 Å². The molecule has 2 heterocycles. The fourth-order valence-electron chi connectivity index (χ4n) is 3.50. The highest BCUT2D eigenvalue weighted by Crippen LogP contribution is 2.35. The minimum absolute atomic E-state index is 0.675. The molecule has 3 nitrogen and oxygen atoms in total. The van der Waals surface area contributed by atoms with Gasteiger partial charge in [-0.1, -0.05) is 6.92 Å². The molecule has 0 radical (unpaired) electrons. The van der Waals surface area contributed by atoms with Crippen LogP contribution in [0.15, 0.2) is 0 Å². The van der Waals surface area contributed by atoms with Gasteiger partial charge in [0.15, 0.2) is 0 Å². The molecule has 0 aromatic heterocycles. The van der Waals surface area contributed by atoms with E-state index in [-0.39, 0.29) is 0 Å². The van der Waals surface area contributed by atoms with Crippen LogP contribution in [0.5, 0.6) is 0 Å². The first-order valence-electron chi connectivity index (χ1n) is 7.27. The predicted molar refractivity (Wildman–Crippen MR) is 73.4 cm³/mol. The molecule has 1 N–H and O–H groups in total. The highest BCUT2D eigenvalue weighted by Gasteiger charge is 2.40. The Balaban J connectivity index is 1.90. The summed E-state index contributed by atoms with van der Waals surface area (Å²) < 4.78 is 0. The summed E-state index contributed by atoms with van der Waals surface area (Å²) in [6, 6.07) is 3.15. The average Bonchev–Trinajstić information content (AvgIpc) is 2.52. The summed E-state index contributed by atoms with van der Waals surface area (Å²) >= 11 is 0. The number of nitrogens with one attached hydrogen (secondary N) is 1. The van der Waals surface area contributed by atoms with Crippen LogP contribution in [-0.4, -0.2) is 61.2 Å². The number of nitrogens with zero attached hydrogens (tertiary/aromatic N) is 2. The largest absolute Gasteiger partial charge is 0.314 e. The third kappa shape index (κ3) is 3.01. The van der Waals surface area contributed by atoms with Gasteiger partial charge in [-0.05, 0) is 53.2 Å². The van der Waals surface area contributed by atoms with Crippen molar-refractivity contribution in [3.05, 3.63) is 0 Å². The van der Waals surface area contributed by atoms with E-state index in [9.17, 15) is 0 Å². The first-order valence-corrected chi connectivity index (χ1v) is 7.27. The van der Waals surface area contributed by atoms with Gasteiger partial charge < -0.3 is 10.2 Å². The quantitative estimate of drug-likeness (QED) is 0.785. The fourth-order valence-corrected chi connectivity index (χ4v) is 3.50. The summed E-state index contributed by atoms with van der Waals surface area (Å²) in [4.78, 5) is 5.13. The molecule has 2 saturated heterocycles. The Morgan fingerprint density at radius 1 is 1.24 bits per heavy atom. The fraction of sp³-hybridized carbons (Fsp3) is 1.00. The average molecular weight is 239 g/mol. The second-order valence-corrected chi connectivity index (χ2v) is 6.12. The molecular formula is C14H29N3. The molecule has 0 aromatic carbocycles. The zero-order chi connectivity index (χ0) is 12.4. The first kappa shape index (κ1) is 13.3. The van der Waals surface area contributed by atoms with Crippen molar-refractivity contribution in [1.82, 2.24) is 15.1 Å². The topological polar surface area (TPSA) is 18.5 Å². The van der Waals surface area contributed by atoms with Gasteiger partial charge in [0.25, 0.3) is 0 Å². The SMILES string of the molecule is CCNC1CC2CCC(C1)N2CC(C)N(C)C. The highest BCUT2D eigenvalue weighted by atomic mass is 15.3. The van der Waals surface area contributed by atoms with E-state index in [2.05, 4.69) is 43.1 Å². The number of hydrogen-bond donors (Lipinski definition) is 1. The predicted octanol–water partition coefficient (Wildman–Crippen LogP) is 1.54. The van der Waals surface area contributed by atoms with Crippen LogP contribution in [-0.2, 0) is 0 Å². The molecule has 3 heteroatoms. The van der Waals surface area contributed by atoms with Crippen molar-refractivity contribution in [1.29, 1.82) is 0 Å². The molecule has 3 atom stereocenters. The van der Waals surface area contributed by atoms with Gasteiger partial charge in [-0.2, -0.15) is 0 Å².